The van der Waals surface area contributed by atoms with E-state index in [4.69, 9.17) is 16.3 Å². The minimum atomic E-state index is 0.129. The van der Waals surface area contributed by atoms with Crippen LogP contribution in [-0.4, -0.2) is 9.97 Å². The standard InChI is InChI=1S/C17H21ClN2O/c1-5-6-14-15(18)19-11-20-16(14)21-13-9-7-12(8-10-13)17(2,3)4/h7-11H,5-6H2,1-4H3. The minimum absolute atomic E-state index is 0.129. The average Bonchev–Trinajstić information content (AvgIpc) is 2.42. The number of benzene rings is 1. The lowest BCUT2D eigenvalue weighted by molar-refractivity contribution is 0.453. The molecular weight excluding hydrogens is 284 g/mol. The third kappa shape index (κ3) is 3.94. The van der Waals surface area contributed by atoms with Crippen LogP contribution in [0.15, 0.2) is 30.6 Å². The van der Waals surface area contributed by atoms with Crippen molar-refractivity contribution in [3.63, 3.8) is 0 Å². The molecule has 0 spiro atoms. The van der Waals surface area contributed by atoms with Gasteiger partial charge in [-0.15, -0.1) is 0 Å². The molecule has 0 bridgehead atoms. The summed E-state index contributed by atoms with van der Waals surface area (Å²) >= 11 is 6.13. The van der Waals surface area contributed by atoms with E-state index in [2.05, 4.69) is 49.8 Å². The lowest BCUT2D eigenvalue weighted by atomic mass is 9.87. The zero-order valence-corrected chi connectivity index (χ0v) is 13.7. The highest BCUT2D eigenvalue weighted by Crippen LogP contribution is 2.30. The molecule has 0 aliphatic rings. The Morgan fingerprint density at radius 1 is 1.10 bits per heavy atom. The summed E-state index contributed by atoms with van der Waals surface area (Å²) in [5, 5.41) is 0.466. The van der Waals surface area contributed by atoms with Crippen LogP contribution < -0.4 is 4.74 Å². The van der Waals surface area contributed by atoms with Crippen molar-refractivity contribution < 1.29 is 4.74 Å². The largest absolute Gasteiger partial charge is 0.439 e. The normalized spacial score (nSPS) is 11.5. The Labute approximate surface area is 131 Å². The quantitative estimate of drug-likeness (QED) is 0.731. The number of aromatic nitrogens is 2. The van der Waals surface area contributed by atoms with E-state index in [1.807, 2.05) is 12.1 Å². The van der Waals surface area contributed by atoms with Gasteiger partial charge in [-0.05, 0) is 29.5 Å². The summed E-state index contributed by atoms with van der Waals surface area (Å²) < 4.78 is 5.87. The van der Waals surface area contributed by atoms with Crippen molar-refractivity contribution in [1.82, 2.24) is 9.97 Å². The second-order valence-electron chi connectivity index (χ2n) is 6.07. The van der Waals surface area contributed by atoms with Crippen molar-refractivity contribution in [1.29, 1.82) is 0 Å². The highest BCUT2D eigenvalue weighted by atomic mass is 35.5. The summed E-state index contributed by atoms with van der Waals surface area (Å²) in [6.07, 6.45) is 3.20. The number of rotatable bonds is 4. The Balaban J connectivity index is 2.24. The summed E-state index contributed by atoms with van der Waals surface area (Å²) in [4.78, 5) is 8.23. The molecular formula is C17H21ClN2O. The van der Waals surface area contributed by atoms with Crippen LogP contribution in [0.1, 0.15) is 45.2 Å². The smallest absolute Gasteiger partial charge is 0.226 e. The molecule has 0 radical (unpaired) electrons. The molecule has 0 saturated carbocycles. The molecule has 1 heterocycles. The topological polar surface area (TPSA) is 35.0 Å². The van der Waals surface area contributed by atoms with E-state index in [1.54, 1.807) is 0 Å². The Kier molecular flexibility index (Phi) is 4.84. The van der Waals surface area contributed by atoms with Gasteiger partial charge in [0.1, 0.15) is 17.2 Å². The monoisotopic (exact) mass is 304 g/mol. The van der Waals surface area contributed by atoms with Crippen molar-refractivity contribution in [3.8, 4) is 11.6 Å². The third-order valence-electron chi connectivity index (χ3n) is 3.29. The van der Waals surface area contributed by atoms with Gasteiger partial charge in [-0.2, -0.15) is 0 Å². The molecule has 1 aromatic heterocycles. The minimum Gasteiger partial charge on any atom is -0.439 e. The molecule has 2 aromatic rings. The predicted octanol–water partition coefficient (Wildman–Crippen LogP) is 5.17. The number of ether oxygens (including phenoxy) is 1. The van der Waals surface area contributed by atoms with E-state index in [1.165, 1.54) is 11.9 Å². The van der Waals surface area contributed by atoms with Crippen LogP contribution >= 0.6 is 11.6 Å². The maximum atomic E-state index is 6.13. The van der Waals surface area contributed by atoms with Gasteiger partial charge in [0.15, 0.2) is 0 Å². The van der Waals surface area contributed by atoms with Crippen LogP contribution in [-0.2, 0) is 11.8 Å². The van der Waals surface area contributed by atoms with Crippen molar-refractivity contribution >= 4 is 11.6 Å². The number of halogens is 1. The number of nitrogens with zero attached hydrogens (tertiary/aromatic N) is 2. The van der Waals surface area contributed by atoms with E-state index in [0.29, 0.717) is 11.0 Å². The van der Waals surface area contributed by atoms with Crippen LogP contribution in [0.4, 0.5) is 0 Å². The van der Waals surface area contributed by atoms with Gasteiger partial charge < -0.3 is 4.74 Å². The summed E-state index contributed by atoms with van der Waals surface area (Å²) in [7, 11) is 0. The molecule has 3 nitrogen and oxygen atoms in total. The molecule has 112 valence electrons. The summed E-state index contributed by atoms with van der Waals surface area (Å²) in [5.41, 5.74) is 2.26. The Bertz CT molecular complexity index is 603. The molecule has 0 unspecified atom stereocenters. The molecule has 4 heteroatoms. The van der Waals surface area contributed by atoms with Crippen molar-refractivity contribution in [3.05, 3.63) is 46.9 Å². The van der Waals surface area contributed by atoms with Crippen LogP contribution in [0.2, 0.25) is 5.15 Å². The van der Waals surface area contributed by atoms with Gasteiger partial charge in [0, 0.05) is 0 Å². The van der Waals surface area contributed by atoms with Crippen molar-refractivity contribution in [2.45, 2.75) is 46.0 Å². The fourth-order valence-corrected chi connectivity index (χ4v) is 2.28. The van der Waals surface area contributed by atoms with Gasteiger partial charge in [-0.25, -0.2) is 9.97 Å². The lowest BCUT2D eigenvalue weighted by Gasteiger charge is -2.19. The molecule has 0 N–H and O–H groups in total. The van der Waals surface area contributed by atoms with E-state index in [0.717, 1.165) is 24.2 Å². The van der Waals surface area contributed by atoms with E-state index < -0.39 is 0 Å². The second kappa shape index (κ2) is 6.44. The van der Waals surface area contributed by atoms with Crippen LogP contribution in [0.3, 0.4) is 0 Å². The molecule has 0 aliphatic heterocycles. The fraction of sp³-hybridized carbons (Fsp3) is 0.412. The van der Waals surface area contributed by atoms with Crippen molar-refractivity contribution in [2.24, 2.45) is 0 Å². The Hall–Kier alpha value is -1.61. The van der Waals surface area contributed by atoms with Crippen molar-refractivity contribution in [2.75, 3.05) is 0 Å². The number of hydrogen-bond acceptors (Lipinski definition) is 3. The van der Waals surface area contributed by atoms with E-state index in [9.17, 15) is 0 Å². The van der Waals surface area contributed by atoms with Crippen LogP contribution in [0, 0.1) is 0 Å². The highest BCUT2D eigenvalue weighted by Gasteiger charge is 2.14. The molecule has 1 aromatic carbocycles. The lowest BCUT2D eigenvalue weighted by Crippen LogP contribution is -2.10. The Morgan fingerprint density at radius 3 is 2.33 bits per heavy atom. The molecule has 0 fully saturated rings. The van der Waals surface area contributed by atoms with Crippen LogP contribution in [0.5, 0.6) is 11.6 Å². The van der Waals surface area contributed by atoms with Crippen LogP contribution in [0.25, 0.3) is 0 Å². The molecule has 0 saturated heterocycles. The summed E-state index contributed by atoms with van der Waals surface area (Å²) in [6, 6.07) is 8.09. The van der Waals surface area contributed by atoms with Gasteiger partial charge in [0.05, 0.1) is 5.56 Å². The summed E-state index contributed by atoms with van der Waals surface area (Å²) in [6.45, 7) is 8.65. The number of hydrogen-bond donors (Lipinski definition) is 0. The zero-order valence-electron chi connectivity index (χ0n) is 13.0. The predicted molar refractivity (Wildman–Crippen MR) is 86.3 cm³/mol. The van der Waals surface area contributed by atoms with Gasteiger partial charge in [-0.1, -0.05) is 57.8 Å². The molecule has 0 atom stereocenters. The van der Waals surface area contributed by atoms with Gasteiger partial charge in [0.2, 0.25) is 5.88 Å². The maximum absolute atomic E-state index is 6.13. The van der Waals surface area contributed by atoms with E-state index in [-0.39, 0.29) is 5.41 Å². The molecule has 21 heavy (non-hydrogen) atoms. The molecule has 2 rings (SSSR count). The summed E-state index contributed by atoms with van der Waals surface area (Å²) in [5.74, 6) is 1.30. The first-order chi connectivity index (χ1) is 9.91. The van der Waals surface area contributed by atoms with Gasteiger partial charge in [-0.3, -0.25) is 0 Å². The second-order valence-corrected chi connectivity index (χ2v) is 6.43. The zero-order chi connectivity index (χ0) is 15.5. The SMILES string of the molecule is CCCc1c(Cl)ncnc1Oc1ccc(C(C)(C)C)cc1. The molecule has 0 amide bonds. The third-order valence-corrected chi connectivity index (χ3v) is 3.61. The first-order valence-corrected chi connectivity index (χ1v) is 7.57. The highest BCUT2D eigenvalue weighted by molar-refractivity contribution is 6.30. The first-order valence-electron chi connectivity index (χ1n) is 7.19. The Morgan fingerprint density at radius 2 is 1.76 bits per heavy atom. The average molecular weight is 305 g/mol. The maximum Gasteiger partial charge on any atom is 0.226 e. The first kappa shape index (κ1) is 15.8. The fourth-order valence-electron chi connectivity index (χ4n) is 2.06. The van der Waals surface area contributed by atoms with Gasteiger partial charge in [0.25, 0.3) is 0 Å². The van der Waals surface area contributed by atoms with Gasteiger partial charge >= 0.3 is 0 Å². The van der Waals surface area contributed by atoms with E-state index >= 15 is 0 Å². The molecule has 0 aliphatic carbocycles.